The van der Waals surface area contributed by atoms with E-state index in [-0.39, 0.29) is 17.3 Å². The predicted octanol–water partition coefficient (Wildman–Crippen LogP) is 3.23. The number of rotatable bonds is 2. The van der Waals surface area contributed by atoms with Crippen molar-refractivity contribution < 1.29 is 9.53 Å². The first-order chi connectivity index (χ1) is 9.10. The zero-order valence-corrected chi connectivity index (χ0v) is 11.7. The van der Waals surface area contributed by atoms with Crippen LogP contribution in [0.25, 0.3) is 0 Å². The van der Waals surface area contributed by atoms with Gasteiger partial charge in [-0.05, 0) is 57.1 Å². The van der Waals surface area contributed by atoms with Crippen molar-refractivity contribution in [1.29, 1.82) is 0 Å². The quantitative estimate of drug-likeness (QED) is 0.765. The maximum Gasteiger partial charge on any atom is 0.184 e. The van der Waals surface area contributed by atoms with Gasteiger partial charge in [-0.15, -0.1) is 0 Å². The Morgan fingerprint density at radius 1 is 1.42 bits per heavy atom. The lowest BCUT2D eigenvalue weighted by Crippen LogP contribution is -2.47. The summed E-state index contributed by atoms with van der Waals surface area (Å²) >= 11 is 0. The van der Waals surface area contributed by atoms with E-state index in [0.717, 1.165) is 43.4 Å². The fourth-order valence-corrected chi connectivity index (χ4v) is 3.34. The van der Waals surface area contributed by atoms with Crippen LogP contribution < -0.4 is 0 Å². The zero-order chi connectivity index (χ0) is 13.5. The van der Waals surface area contributed by atoms with Gasteiger partial charge in [-0.2, -0.15) is 0 Å². The number of ketones is 1. The van der Waals surface area contributed by atoms with Gasteiger partial charge in [-0.3, -0.25) is 9.78 Å². The van der Waals surface area contributed by atoms with Gasteiger partial charge in [0.1, 0.15) is 5.69 Å². The topological polar surface area (TPSA) is 39.2 Å². The summed E-state index contributed by atoms with van der Waals surface area (Å²) in [6, 6.07) is 2.04. The molecule has 2 fully saturated rings. The minimum atomic E-state index is 0.0250. The van der Waals surface area contributed by atoms with Crippen LogP contribution in [-0.4, -0.2) is 23.0 Å². The molecule has 1 aliphatic carbocycles. The van der Waals surface area contributed by atoms with Gasteiger partial charge >= 0.3 is 0 Å². The fraction of sp³-hybridized carbons (Fsp3) is 0.625. The van der Waals surface area contributed by atoms with Gasteiger partial charge in [0.25, 0.3) is 0 Å². The Labute approximate surface area is 114 Å². The number of hydrogen-bond donors (Lipinski definition) is 0. The molecule has 0 N–H and O–H groups in total. The largest absolute Gasteiger partial charge is 0.375 e. The molecule has 1 unspecified atom stereocenters. The normalized spacial score (nSPS) is 25.1. The highest BCUT2D eigenvalue weighted by molar-refractivity contribution is 5.97. The molecule has 3 heteroatoms. The summed E-state index contributed by atoms with van der Waals surface area (Å²) < 4.78 is 5.89. The van der Waals surface area contributed by atoms with E-state index in [1.54, 1.807) is 6.20 Å². The molecule has 19 heavy (non-hydrogen) atoms. The van der Waals surface area contributed by atoms with Gasteiger partial charge in [0.05, 0.1) is 5.60 Å². The second-order valence-electron chi connectivity index (χ2n) is 6.12. The molecule has 0 radical (unpaired) electrons. The molecule has 0 bridgehead atoms. The Bertz CT molecular complexity index is 505. The van der Waals surface area contributed by atoms with Gasteiger partial charge in [0, 0.05) is 18.7 Å². The molecule has 1 aromatic heterocycles. The van der Waals surface area contributed by atoms with E-state index >= 15 is 0 Å². The first-order valence-corrected chi connectivity index (χ1v) is 7.21. The van der Waals surface area contributed by atoms with Crippen molar-refractivity contribution in [1.82, 2.24) is 4.98 Å². The van der Waals surface area contributed by atoms with Gasteiger partial charge < -0.3 is 4.74 Å². The Hall–Kier alpha value is -1.22. The van der Waals surface area contributed by atoms with Crippen molar-refractivity contribution in [2.45, 2.75) is 51.6 Å². The monoisotopic (exact) mass is 259 g/mol. The molecule has 0 amide bonds. The van der Waals surface area contributed by atoms with Crippen LogP contribution in [0.5, 0.6) is 0 Å². The second kappa shape index (κ2) is 4.71. The first-order valence-electron chi connectivity index (χ1n) is 7.21. The number of aryl methyl sites for hydroxylation is 2. The maximum absolute atomic E-state index is 12.6. The number of aromatic nitrogens is 1. The molecule has 2 heterocycles. The van der Waals surface area contributed by atoms with Crippen LogP contribution in [0.2, 0.25) is 0 Å². The summed E-state index contributed by atoms with van der Waals surface area (Å²) in [5.41, 5.74) is 2.79. The molecular weight excluding hydrogens is 238 g/mol. The third kappa shape index (κ3) is 2.32. The smallest absolute Gasteiger partial charge is 0.184 e. The van der Waals surface area contributed by atoms with Gasteiger partial charge in [0.2, 0.25) is 0 Å². The van der Waals surface area contributed by atoms with Gasteiger partial charge in [0.15, 0.2) is 5.78 Å². The Balaban J connectivity index is 1.79. The van der Waals surface area contributed by atoms with Crippen molar-refractivity contribution in [2.24, 2.45) is 5.92 Å². The van der Waals surface area contributed by atoms with Crippen molar-refractivity contribution >= 4 is 5.78 Å². The second-order valence-corrected chi connectivity index (χ2v) is 6.12. The number of carbonyl (C=O) groups is 1. The molecule has 2 aliphatic rings. The molecule has 1 aromatic rings. The lowest BCUT2D eigenvalue weighted by Gasteiger charge is -2.46. The lowest BCUT2D eigenvalue weighted by atomic mass is 9.71. The van der Waals surface area contributed by atoms with E-state index < -0.39 is 0 Å². The number of ether oxygens (including phenoxy) is 1. The van der Waals surface area contributed by atoms with E-state index in [9.17, 15) is 4.79 Å². The fourth-order valence-electron chi connectivity index (χ4n) is 3.34. The van der Waals surface area contributed by atoms with Crippen LogP contribution in [0.3, 0.4) is 0 Å². The molecule has 1 saturated carbocycles. The summed E-state index contributed by atoms with van der Waals surface area (Å²) in [7, 11) is 0. The number of hydrogen-bond acceptors (Lipinski definition) is 3. The molecule has 3 rings (SSSR count). The van der Waals surface area contributed by atoms with Crippen molar-refractivity contribution in [3.05, 3.63) is 29.1 Å². The number of Topliss-reactive ketones (excluding diaryl/α,β-unsaturated/α-hetero) is 1. The molecule has 102 valence electrons. The van der Waals surface area contributed by atoms with Crippen molar-refractivity contribution in [2.75, 3.05) is 6.61 Å². The summed E-state index contributed by atoms with van der Waals surface area (Å²) in [5, 5.41) is 0. The Morgan fingerprint density at radius 2 is 2.21 bits per heavy atom. The van der Waals surface area contributed by atoms with Gasteiger partial charge in [-0.25, -0.2) is 0 Å². The third-order valence-corrected chi connectivity index (χ3v) is 4.58. The standard InChI is InChI=1S/C16H21NO2/c1-11-8-12(2)14(17-10-11)15(18)13-4-7-19-16(9-13)5-3-6-16/h8,10,13H,3-7,9H2,1-2H3. The number of nitrogens with zero attached hydrogens (tertiary/aromatic N) is 1. The van der Waals surface area contributed by atoms with E-state index in [4.69, 9.17) is 4.74 Å². The molecular formula is C16H21NO2. The highest BCUT2D eigenvalue weighted by atomic mass is 16.5. The summed E-state index contributed by atoms with van der Waals surface area (Å²) in [4.78, 5) is 17.0. The van der Waals surface area contributed by atoms with Crippen molar-refractivity contribution in [3.63, 3.8) is 0 Å². The predicted molar refractivity (Wildman–Crippen MR) is 73.3 cm³/mol. The average Bonchev–Trinajstić information content (AvgIpc) is 2.36. The maximum atomic E-state index is 12.6. The minimum absolute atomic E-state index is 0.0250. The molecule has 1 atom stereocenters. The highest BCUT2D eigenvalue weighted by Crippen LogP contribution is 2.44. The molecule has 0 aromatic carbocycles. The SMILES string of the molecule is Cc1cnc(C(=O)C2CCOC3(CCC3)C2)c(C)c1. The van der Waals surface area contributed by atoms with Crippen LogP contribution in [0, 0.1) is 19.8 Å². The number of carbonyl (C=O) groups excluding carboxylic acids is 1. The molecule has 1 spiro atoms. The van der Waals surface area contributed by atoms with E-state index in [2.05, 4.69) is 4.98 Å². The molecule has 3 nitrogen and oxygen atoms in total. The van der Waals surface area contributed by atoms with Gasteiger partial charge in [-0.1, -0.05) is 6.07 Å². The number of pyridine rings is 1. The minimum Gasteiger partial charge on any atom is -0.375 e. The average molecular weight is 259 g/mol. The van der Waals surface area contributed by atoms with Crippen LogP contribution in [0.4, 0.5) is 0 Å². The lowest BCUT2D eigenvalue weighted by molar-refractivity contribution is -0.137. The zero-order valence-electron chi connectivity index (χ0n) is 11.7. The van der Waals surface area contributed by atoms with Crippen LogP contribution in [0.1, 0.15) is 53.7 Å². The van der Waals surface area contributed by atoms with Crippen LogP contribution in [0.15, 0.2) is 12.3 Å². The first kappa shape index (κ1) is 12.8. The summed E-state index contributed by atoms with van der Waals surface area (Å²) in [5.74, 6) is 0.315. The third-order valence-electron chi connectivity index (χ3n) is 4.58. The Kier molecular flexibility index (Phi) is 3.17. The van der Waals surface area contributed by atoms with E-state index in [0.29, 0.717) is 5.69 Å². The molecule has 1 aliphatic heterocycles. The Morgan fingerprint density at radius 3 is 2.84 bits per heavy atom. The van der Waals surface area contributed by atoms with Crippen molar-refractivity contribution in [3.8, 4) is 0 Å². The highest BCUT2D eigenvalue weighted by Gasteiger charge is 2.44. The van der Waals surface area contributed by atoms with E-state index in [1.165, 1.54) is 6.42 Å². The summed E-state index contributed by atoms with van der Waals surface area (Å²) in [6.45, 7) is 4.71. The summed E-state index contributed by atoms with van der Waals surface area (Å²) in [6.07, 6.45) is 7.01. The molecule has 1 saturated heterocycles. The van der Waals surface area contributed by atoms with Crippen LogP contribution in [-0.2, 0) is 4.74 Å². The van der Waals surface area contributed by atoms with Crippen LogP contribution >= 0.6 is 0 Å². The van der Waals surface area contributed by atoms with E-state index in [1.807, 2.05) is 19.9 Å².